The summed E-state index contributed by atoms with van der Waals surface area (Å²) in [6.45, 7) is 7.66. The van der Waals surface area contributed by atoms with Gasteiger partial charge in [-0.15, -0.1) is 0 Å². The fourth-order valence-corrected chi connectivity index (χ4v) is 3.62. The van der Waals surface area contributed by atoms with Gasteiger partial charge >= 0.3 is 0 Å². The minimum atomic E-state index is -0.334. The maximum atomic E-state index is 12.4. The number of benzene rings is 1. The van der Waals surface area contributed by atoms with Crippen LogP contribution in [0.1, 0.15) is 58.9 Å². The molecule has 2 aromatic rings. The smallest absolute Gasteiger partial charge is 0.261 e. The quantitative estimate of drug-likeness (QED) is 0.824. The lowest BCUT2D eigenvalue weighted by atomic mass is 10.1. The highest BCUT2D eigenvalue weighted by atomic mass is 16.2. The molecule has 27 heavy (non-hydrogen) atoms. The van der Waals surface area contributed by atoms with Crippen LogP contribution in [0.15, 0.2) is 35.1 Å². The number of H-pyrrole nitrogens is 1. The summed E-state index contributed by atoms with van der Waals surface area (Å²) in [4.78, 5) is 29.8. The third-order valence-electron chi connectivity index (χ3n) is 5.27. The molecule has 1 aromatic carbocycles. The van der Waals surface area contributed by atoms with E-state index in [-0.39, 0.29) is 17.0 Å². The number of nitrogens with one attached hydrogen (secondary N) is 2. The predicted octanol–water partition coefficient (Wildman–Crippen LogP) is 3.16. The van der Waals surface area contributed by atoms with E-state index in [4.69, 9.17) is 0 Å². The van der Waals surface area contributed by atoms with Gasteiger partial charge in [-0.3, -0.25) is 14.5 Å². The highest BCUT2D eigenvalue weighted by Gasteiger charge is 2.13. The summed E-state index contributed by atoms with van der Waals surface area (Å²) < 4.78 is 0. The summed E-state index contributed by atoms with van der Waals surface area (Å²) >= 11 is 0. The summed E-state index contributed by atoms with van der Waals surface area (Å²) in [6, 6.07) is 10.0. The zero-order valence-electron chi connectivity index (χ0n) is 16.3. The van der Waals surface area contributed by atoms with Crippen LogP contribution in [-0.4, -0.2) is 28.9 Å². The Morgan fingerprint density at radius 1 is 1.11 bits per heavy atom. The standard InChI is InChI=1S/C22H29N3O2/c1-3-20-16(2)13-19(22(27)24-20)21(26)23-14-17-7-9-18(10-8-17)15-25-11-5-4-6-12-25/h7-10,13H,3-6,11-12,14-15H2,1-2H3,(H,23,26)(H,24,27). The monoisotopic (exact) mass is 367 g/mol. The topological polar surface area (TPSA) is 65.2 Å². The Labute approximate surface area is 160 Å². The van der Waals surface area contributed by atoms with Gasteiger partial charge < -0.3 is 10.3 Å². The van der Waals surface area contributed by atoms with E-state index in [0.717, 1.165) is 29.8 Å². The van der Waals surface area contributed by atoms with Crippen LogP contribution in [0.5, 0.6) is 0 Å². The summed E-state index contributed by atoms with van der Waals surface area (Å²) in [6.07, 6.45) is 4.68. The first-order valence-electron chi connectivity index (χ1n) is 9.88. The lowest BCUT2D eigenvalue weighted by Crippen LogP contribution is -2.30. The second kappa shape index (κ2) is 9.00. The minimum absolute atomic E-state index is 0.173. The van der Waals surface area contributed by atoms with Gasteiger partial charge in [0.15, 0.2) is 0 Å². The number of carbonyl (C=O) groups is 1. The van der Waals surface area contributed by atoms with E-state index in [1.54, 1.807) is 6.07 Å². The van der Waals surface area contributed by atoms with Gasteiger partial charge in [0, 0.05) is 18.8 Å². The number of likely N-dealkylation sites (tertiary alicyclic amines) is 1. The maximum absolute atomic E-state index is 12.4. The third-order valence-corrected chi connectivity index (χ3v) is 5.27. The number of amides is 1. The number of aromatic nitrogens is 1. The summed E-state index contributed by atoms with van der Waals surface area (Å²) in [5.74, 6) is -0.334. The Morgan fingerprint density at radius 3 is 2.44 bits per heavy atom. The molecule has 0 radical (unpaired) electrons. The largest absolute Gasteiger partial charge is 0.348 e. The van der Waals surface area contributed by atoms with Gasteiger partial charge in [-0.2, -0.15) is 0 Å². The van der Waals surface area contributed by atoms with E-state index in [0.29, 0.717) is 6.54 Å². The van der Waals surface area contributed by atoms with Crippen molar-refractivity contribution in [1.29, 1.82) is 0 Å². The van der Waals surface area contributed by atoms with Crippen LogP contribution < -0.4 is 10.9 Å². The zero-order valence-corrected chi connectivity index (χ0v) is 16.3. The minimum Gasteiger partial charge on any atom is -0.348 e. The van der Waals surface area contributed by atoms with Crippen molar-refractivity contribution in [3.63, 3.8) is 0 Å². The van der Waals surface area contributed by atoms with Gasteiger partial charge in [-0.05, 0) is 62.0 Å². The van der Waals surface area contributed by atoms with Crippen molar-refractivity contribution in [1.82, 2.24) is 15.2 Å². The third kappa shape index (κ3) is 5.07. The van der Waals surface area contributed by atoms with Crippen LogP contribution in [0, 0.1) is 6.92 Å². The Kier molecular flexibility index (Phi) is 6.45. The van der Waals surface area contributed by atoms with Crippen molar-refractivity contribution in [3.8, 4) is 0 Å². The van der Waals surface area contributed by atoms with E-state index >= 15 is 0 Å². The molecule has 1 aliphatic heterocycles. The summed E-state index contributed by atoms with van der Waals surface area (Å²) in [7, 11) is 0. The van der Waals surface area contributed by atoms with E-state index < -0.39 is 0 Å². The molecule has 1 saturated heterocycles. The molecule has 0 atom stereocenters. The second-order valence-corrected chi connectivity index (χ2v) is 7.36. The van der Waals surface area contributed by atoms with Crippen molar-refractivity contribution >= 4 is 5.91 Å². The molecule has 0 spiro atoms. The molecule has 0 bridgehead atoms. The Morgan fingerprint density at radius 2 is 1.78 bits per heavy atom. The molecule has 0 unspecified atom stereocenters. The van der Waals surface area contributed by atoms with Gasteiger partial charge in [0.25, 0.3) is 11.5 Å². The molecule has 5 heteroatoms. The SMILES string of the molecule is CCc1[nH]c(=O)c(C(=O)NCc2ccc(CN3CCCCC3)cc2)cc1C. The van der Waals surface area contributed by atoms with Crippen LogP contribution in [0.4, 0.5) is 0 Å². The molecule has 5 nitrogen and oxygen atoms in total. The van der Waals surface area contributed by atoms with Crippen LogP contribution in [0.3, 0.4) is 0 Å². The number of aryl methyl sites for hydroxylation is 2. The van der Waals surface area contributed by atoms with Crippen molar-refractivity contribution in [2.45, 2.75) is 52.6 Å². The van der Waals surface area contributed by atoms with E-state index in [2.05, 4.69) is 39.5 Å². The van der Waals surface area contributed by atoms with Crippen molar-refractivity contribution < 1.29 is 4.79 Å². The molecular weight excluding hydrogens is 338 g/mol. The van der Waals surface area contributed by atoms with Crippen molar-refractivity contribution in [2.24, 2.45) is 0 Å². The Balaban J connectivity index is 1.57. The highest BCUT2D eigenvalue weighted by Crippen LogP contribution is 2.13. The van der Waals surface area contributed by atoms with E-state index in [1.165, 1.54) is 37.9 Å². The highest BCUT2D eigenvalue weighted by molar-refractivity contribution is 5.93. The molecule has 0 aliphatic carbocycles. The number of aromatic amines is 1. The van der Waals surface area contributed by atoms with Gasteiger partial charge in [-0.1, -0.05) is 37.6 Å². The van der Waals surface area contributed by atoms with Gasteiger partial charge in [0.2, 0.25) is 0 Å². The van der Waals surface area contributed by atoms with Crippen LogP contribution in [-0.2, 0) is 19.5 Å². The first-order valence-corrected chi connectivity index (χ1v) is 9.88. The fraction of sp³-hybridized carbons (Fsp3) is 0.455. The number of rotatable bonds is 6. The zero-order chi connectivity index (χ0) is 19.2. The summed E-state index contributed by atoms with van der Waals surface area (Å²) in [5, 5.41) is 2.85. The van der Waals surface area contributed by atoms with E-state index in [1.807, 2.05) is 13.8 Å². The molecule has 144 valence electrons. The molecule has 0 saturated carbocycles. The average Bonchev–Trinajstić information content (AvgIpc) is 2.69. The summed E-state index contributed by atoms with van der Waals surface area (Å²) in [5.41, 5.74) is 3.99. The number of nitrogens with zero attached hydrogens (tertiary/aromatic N) is 1. The number of hydrogen-bond donors (Lipinski definition) is 2. The molecular formula is C22H29N3O2. The van der Waals surface area contributed by atoms with Crippen LogP contribution >= 0.6 is 0 Å². The normalized spacial score (nSPS) is 14.9. The van der Waals surface area contributed by atoms with Crippen LogP contribution in [0.25, 0.3) is 0 Å². The molecule has 2 N–H and O–H groups in total. The average molecular weight is 367 g/mol. The molecule has 3 rings (SSSR count). The maximum Gasteiger partial charge on any atom is 0.261 e. The first-order chi connectivity index (χ1) is 13.1. The van der Waals surface area contributed by atoms with Gasteiger partial charge in [-0.25, -0.2) is 0 Å². The lowest BCUT2D eigenvalue weighted by molar-refractivity contribution is 0.0949. The second-order valence-electron chi connectivity index (χ2n) is 7.36. The van der Waals surface area contributed by atoms with E-state index in [9.17, 15) is 9.59 Å². The van der Waals surface area contributed by atoms with Crippen LogP contribution in [0.2, 0.25) is 0 Å². The molecule has 1 aliphatic rings. The number of carbonyl (C=O) groups excluding carboxylic acids is 1. The number of hydrogen-bond acceptors (Lipinski definition) is 3. The van der Waals surface area contributed by atoms with Gasteiger partial charge in [0.1, 0.15) is 5.56 Å². The number of pyridine rings is 1. The fourth-order valence-electron chi connectivity index (χ4n) is 3.62. The van der Waals surface area contributed by atoms with Crippen molar-refractivity contribution in [3.05, 3.63) is 68.6 Å². The molecule has 1 amide bonds. The predicted molar refractivity (Wildman–Crippen MR) is 108 cm³/mol. The molecule has 1 fully saturated rings. The Bertz CT molecular complexity index is 834. The van der Waals surface area contributed by atoms with Crippen molar-refractivity contribution in [2.75, 3.05) is 13.1 Å². The molecule has 2 heterocycles. The van der Waals surface area contributed by atoms with Gasteiger partial charge in [0.05, 0.1) is 0 Å². The first kappa shape index (κ1) is 19.4. The Hall–Kier alpha value is -2.40. The molecule has 1 aromatic heterocycles. The number of piperidine rings is 1. The lowest BCUT2D eigenvalue weighted by Gasteiger charge is -2.26.